The van der Waals surface area contributed by atoms with Crippen molar-refractivity contribution in [2.45, 2.75) is 37.8 Å². The van der Waals surface area contributed by atoms with Crippen molar-refractivity contribution in [2.75, 3.05) is 31.1 Å². The van der Waals surface area contributed by atoms with Gasteiger partial charge >= 0.3 is 0 Å². The lowest BCUT2D eigenvalue weighted by Crippen LogP contribution is -2.48. The van der Waals surface area contributed by atoms with Crippen LogP contribution in [0.25, 0.3) is 0 Å². The molecular formula is C23H27FN6. The zero-order valence-electron chi connectivity index (χ0n) is 17.1. The summed E-state index contributed by atoms with van der Waals surface area (Å²) in [5.74, 6) is 0.767. The highest BCUT2D eigenvalue weighted by Gasteiger charge is 2.33. The van der Waals surface area contributed by atoms with Crippen LogP contribution in [0.3, 0.4) is 0 Å². The number of piperazine rings is 1. The molecule has 1 atom stereocenters. The molecule has 2 aromatic carbocycles. The molecule has 6 nitrogen and oxygen atoms in total. The molecule has 0 bridgehead atoms. The molecule has 0 amide bonds. The minimum absolute atomic E-state index is 0.00423. The Morgan fingerprint density at radius 3 is 2.30 bits per heavy atom. The second kappa shape index (κ2) is 8.52. The molecule has 0 unspecified atom stereocenters. The number of anilines is 1. The Hall–Kier alpha value is -2.80. The molecule has 0 spiro atoms. The highest BCUT2D eigenvalue weighted by molar-refractivity contribution is 5.48. The number of benzene rings is 2. The Morgan fingerprint density at radius 2 is 1.57 bits per heavy atom. The van der Waals surface area contributed by atoms with Gasteiger partial charge in [0.2, 0.25) is 0 Å². The van der Waals surface area contributed by atoms with E-state index in [-0.39, 0.29) is 11.9 Å². The number of rotatable bonds is 5. The predicted octanol–water partition coefficient (Wildman–Crippen LogP) is 3.84. The van der Waals surface area contributed by atoms with Gasteiger partial charge in [0.15, 0.2) is 5.82 Å². The van der Waals surface area contributed by atoms with Crippen LogP contribution in [0.5, 0.6) is 0 Å². The third kappa shape index (κ3) is 3.69. The van der Waals surface area contributed by atoms with E-state index in [1.165, 1.54) is 24.5 Å². The van der Waals surface area contributed by atoms with Gasteiger partial charge < -0.3 is 4.90 Å². The first-order valence-electron chi connectivity index (χ1n) is 10.9. The molecule has 1 aliphatic heterocycles. The molecule has 1 aromatic heterocycles. The van der Waals surface area contributed by atoms with E-state index in [0.717, 1.165) is 44.8 Å². The van der Waals surface area contributed by atoms with Crippen LogP contribution < -0.4 is 4.90 Å². The maximum absolute atomic E-state index is 14.3. The van der Waals surface area contributed by atoms with Gasteiger partial charge in [-0.15, -0.1) is 5.10 Å². The molecule has 2 aliphatic rings. The first-order chi connectivity index (χ1) is 14.8. The lowest BCUT2D eigenvalue weighted by molar-refractivity contribution is 0.197. The molecule has 7 heteroatoms. The molecule has 30 heavy (non-hydrogen) atoms. The van der Waals surface area contributed by atoms with Crippen molar-refractivity contribution >= 4 is 5.69 Å². The minimum atomic E-state index is -0.157. The largest absolute Gasteiger partial charge is 0.367 e. The summed E-state index contributed by atoms with van der Waals surface area (Å²) in [7, 11) is 0. The normalized spacial score (nSPS) is 19.3. The smallest absolute Gasteiger partial charge is 0.173 e. The average Bonchev–Trinajstić information content (AvgIpc) is 3.48. The van der Waals surface area contributed by atoms with Gasteiger partial charge in [0.25, 0.3) is 0 Å². The Morgan fingerprint density at radius 1 is 0.867 bits per heavy atom. The monoisotopic (exact) mass is 406 g/mol. The van der Waals surface area contributed by atoms with E-state index in [1.807, 2.05) is 18.2 Å². The van der Waals surface area contributed by atoms with E-state index < -0.39 is 0 Å². The van der Waals surface area contributed by atoms with Gasteiger partial charge in [-0.1, -0.05) is 55.3 Å². The van der Waals surface area contributed by atoms with Gasteiger partial charge in [-0.05, 0) is 41.0 Å². The molecule has 0 radical (unpaired) electrons. The molecule has 1 saturated carbocycles. The fourth-order valence-corrected chi connectivity index (χ4v) is 4.88. The molecule has 1 saturated heterocycles. The first-order valence-corrected chi connectivity index (χ1v) is 10.9. The Kier molecular flexibility index (Phi) is 5.45. The highest BCUT2D eigenvalue weighted by atomic mass is 19.1. The van der Waals surface area contributed by atoms with Gasteiger partial charge in [-0.25, -0.2) is 9.07 Å². The third-order valence-electron chi connectivity index (χ3n) is 6.42. The summed E-state index contributed by atoms with van der Waals surface area (Å²) >= 11 is 0. The van der Waals surface area contributed by atoms with Crippen molar-refractivity contribution < 1.29 is 4.39 Å². The van der Waals surface area contributed by atoms with Crippen LogP contribution in [-0.2, 0) is 0 Å². The maximum atomic E-state index is 14.3. The van der Waals surface area contributed by atoms with Crippen molar-refractivity contribution in [2.24, 2.45) is 0 Å². The molecule has 156 valence electrons. The number of halogens is 1. The van der Waals surface area contributed by atoms with E-state index in [9.17, 15) is 4.39 Å². The van der Waals surface area contributed by atoms with Crippen LogP contribution in [0.15, 0.2) is 54.6 Å². The molecule has 0 N–H and O–H groups in total. The number of tetrazole rings is 1. The van der Waals surface area contributed by atoms with Crippen LogP contribution in [0, 0.1) is 5.82 Å². The van der Waals surface area contributed by atoms with Crippen LogP contribution >= 0.6 is 0 Å². The summed E-state index contributed by atoms with van der Waals surface area (Å²) in [5.41, 5.74) is 1.88. The maximum Gasteiger partial charge on any atom is 0.173 e. The third-order valence-corrected chi connectivity index (χ3v) is 6.42. The fraction of sp³-hybridized carbons (Fsp3) is 0.435. The summed E-state index contributed by atoms with van der Waals surface area (Å²) in [4.78, 5) is 4.57. The quantitative estimate of drug-likeness (QED) is 0.644. The van der Waals surface area contributed by atoms with Gasteiger partial charge in [-0.2, -0.15) is 0 Å². The Balaban J connectivity index is 1.42. The van der Waals surface area contributed by atoms with Crippen LogP contribution in [0.4, 0.5) is 10.1 Å². The number of hydrogen-bond donors (Lipinski definition) is 0. The van der Waals surface area contributed by atoms with Gasteiger partial charge in [0.1, 0.15) is 5.82 Å². The number of aromatic nitrogens is 4. The molecule has 3 aromatic rings. The number of nitrogens with zero attached hydrogens (tertiary/aromatic N) is 6. The Labute approximate surface area is 176 Å². The number of hydrogen-bond acceptors (Lipinski definition) is 5. The SMILES string of the molecule is Fc1ccccc1N1CCN([C@@H](c2ccccc2)c2nnnn2C2CCCC2)CC1. The van der Waals surface area contributed by atoms with E-state index in [2.05, 4.69) is 54.3 Å². The zero-order chi connectivity index (χ0) is 20.3. The summed E-state index contributed by atoms with van der Waals surface area (Å²) < 4.78 is 16.3. The van der Waals surface area contributed by atoms with Crippen molar-refractivity contribution in [3.63, 3.8) is 0 Å². The summed E-state index contributed by atoms with van der Waals surface area (Å²) in [6.45, 7) is 3.20. The molecular weight excluding hydrogens is 379 g/mol. The molecule has 1 aliphatic carbocycles. The van der Waals surface area contributed by atoms with E-state index >= 15 is 0 Å². The average molecular weight is 407 g/mol. The minimum Gasteiger partial charge on any atom is -0.367 e. The molecule has 2 fully saturated rings. The predicted molar refractivity (Wildman–Crippen MR) is 114 cm³/mol. The van der Waals surface area contributed by atoms with Crippen LogP contribution in [0.1, 0.15) is 49.2 Å². The van der Waals surface area contributed by atoms with Gasteiger partial charge in [0, 0.05) is 26.2 Å². The lowest BCUT2D eigenvalue weighted by atomic mass is 10.0. The van der Waals surface area contributed by atoms with Gasteiger partial charge in [0.05, 0.1) is 17.8 Å². The van der Waals surface area contributed by atoms with Crippen molar-refractivity contribution in [1.82, 2.24) is 25.1 Å². The topological polar surface area (TPSA) is 50.1 Å². The van der Waals surface area contributed by atoms with Crippen molar-refractivity contribution in [1.29, 1.82) is 0 Å². The zero-order valence-corrected chi connectivity index (χ0v) is 17.1. The molecule has 5 rings (SSSR count). The van der Waals surface area contributed by atoms with Crippen LogP contribution in [0.2, 0.25) is 0 Å². The fourth-order valence-electron chi connectivity index (χ4n) is 4.88. The highest BCUT2D eigenvalue weighted by Crippen LogP contribution is 2.34. The summed E-state index contributed by atoms with van der Waals surface area (Å²) in [6.07, 6.45) is 4.75. The second-order valence-electron chi connectivity index (χ2n) is 8.21. The van der Waals surface area contributed by atoms with Crippen LogP contribution in [-0.4, -0.2) is 51.3 Å². The number of para-hydroxylation sites is 1. The second-order valence-corrected chi connectivity index (χ2v) is 8.21. The first kappa shape index (κ1) is 19.2. The van der Waals surface area contributed by atoms with E-state index in [1.54, 1.807) is 6.07 Å². The Bertz CT molecular complexity index is 961. The van der Waals surface area contributed by atoms with Crippen molar-refractivity contribution in [3.05, 3.63) is 71.8 Å². The summed E-state index contributed by atoms with van der Waals surface area (Å²) in [5, 5.41) is 12.9. The van der Waals surface area contributed by atoms with E-state index in [4.69, 9.17) is 0 Å². The molecule has 2 heterocycles. The van der Waals surface area contributed by atoms with E-state index in [0.29, 0.717) is 11.7 Å². The van der Waals surface area contributed by atoms with Crippen molar-refractivity contribution in [3.8, 4) is 0 Å². The lowest BCUT2D eigenvalue weighted by Gasteiger charge is -2.40. The standard InChI is InChI=1S/C23H27FN6/c24-20-12-6-7-13-21(20)28-14-16-29(17-15-28)22(18-8-2-1-3-9-18)23-25-26-27-30(23)19-10-4-5-11-19/h1-3,6-9,12-13,19,22H,4-5,10-11,14-17H2/t22-/m0/s1. The van der Waals surface area contributed by atoms with Gasteiger partial charge in [-0.3, -0.25) is 4.90 Å². The summed E-state index contributed by atoms with van der Waals surface area (Å²) in [6, 6.07) is 17.9.